The van der Waals surface area contributed by atoms with Crippen molar-refractivity contribution in [3.05, 3.63) is 108 Å². The quantitative estimate of drug-likeness (QED) is 0.275. The van der Waals surface area contributed by atoms with Crippen LogP contribution >= 0.6 is 0 Å². The molecule has 40 heavy (non-hydrogen) atoms. The van der Waals surface area contributed by atoms with E-state index in [1.165, 1.54) is 84.5 Å². The average molecular weight is 530 g/mol. The van der Waals surface area contributed by atoms with E-state index in [0.29, 0.717) is 5.92 Å². The molecule has 2 heteroatoms. The molecule has 0 aromatic heterocycles. The number of fused-ring (bicyclic) bond motifs is 2. The van der Waals surface area contributed by atoms with Crippen molar-refractivity contribution in [2.45, 2.75) is 107 Å². The molecule has 207 valence electrons. The Labute approximate surface area is 244 Å². The number of nitrogens with zero attached hydrogens (tertiary/aromatic N) is 1. The van der Waals surface area contributed by atoms with Crippen molar-refractivity contribution in [3.8, 4) is 0 Å². The fraction of sp³-hybridized carbons (Fsp3) is 0.447. The molecule has 0 amide bonds. The van der Waals surface area contributed by atoms with Crippen LogP contribution in [-0.2, 0) is 12.8 Å². The number of allylic oxidation sites excluding steroid dienone is 8. The van der Waals surface area contributed by atoms with Crippen LogP contribution < -0.4 is 0 Å². The highest BCUT2D eigenvalue weighted by Gasteiger charge is 2.31. The van der Waals surface area contributed by atoms with Gasteiger partial charge in [0.15, 0.2) is 13.0 Å². The van der Waals surface area contributed by atoms with Crippen molar-refractivity contribution in [2.24, 2.45) is 0 Å². The standard InChI is InChI=1S/C38H48BN/c1-21-23(3)27(7)37-30(10)32(19-34(37)25(21)5)15-14-31-13-12-18-39-36(29(31)9)17-16-33-20-35-26(6)22(2)24(4)28(8)38(35)40(33)11/h14-17,30H,12-13,18-20H2,1-11H3/q+1/b17-16+,31-14+,32-15+. The lowest BCUT2D eigenvalue weighted by Crippen LogP contribution is -2.07. The molecule has 1 radical (unpaired) electrons. The molecular formula is C38H48BN+. The maximum absolute atomic E-state index is 2.46. The van der Waals surface area contributed by atoms with E-state index in [1.807, 2.05) is 0 Å². The Kier molecular flexibility index (Phi) is 7.77. The normalized spacial score (nSPS) is 21.1. The summed E-state index contributed by atoms with van der Waals surface area (Å²) in [5, 5.41) is 0. The van der Waals surface area contributed by atoms with Gasteiger partial charge in [-0.1, -0.05) is 54.5 Å². The summed E-state index contributed by atoms with van der Waals surface area (Å²) in [6.07, 6.45) is 15.3. The summed E-state index contributed by atoms with van der Waals surface area (Å²) in [7, 11) is 4.70. The molecule has 2 heterocycles. The van der Waals surface area contributed by atoms with Gasteiger partial charge in [0.05, 0.1) is 6.42 Å². The predicted molar refractivity (Wildman–Crippen MR) is 175 cm³/mol. The zero-order valence-corrected chi connectivity index (χ0v) is 26.9. The monoisotopic (exact) mass is 529 g/mol. The molecule has 0 N–H and O–H groups in total. The molecule has 0 saturated carbocycles. The fourth-order valence-electron chi connectivity index (χ4n) is 7.50. The molecule has 3 aliphatic rings. The lowest BCUT2D eigenvalue weighted by Gasteiger charge is -2.17. The van der Waals surface area contributed by atoms with Crippen molar-refractivity contribution in [1.29, 1.82) is 0 Å². The summed E-state index contributed by atoms with van der Waals surface area (Å²) in [6, 6.07) is 0. The van der Waals surface area contributed by atoms with E-state index in [9.17, 15) is 0 Å². The molecular weight excluding hydrogens is 481 g/mol. The number of rotatable bonds is 3. The van der Waals surface area contributed by atoms with Crippen LogP contribution in [0.25, 0.3) is 0 Å². The summed E-state index contributed by atoms with van der Waals surface area (Å²) in [5.41, 5.74) is 25.1. The highest BCUT2D eigenvalue weighted by Crippen LogP contribution is 2.43. The maximum atomic E-state index is 2.46. The third kappa shape index (κ3) is 4.62. The van der Waals surface area contributed by atoms with Gasteiger partial charge in [-0.25, -0.2) is 0 Å². The van der Waals surface area contributed by atoms with Gasteiger partial charge in [0, 0.05) is 23.1 Å². The van der Waals surface area contributed by atoms with E-state index in [4.69, 9.17) is 0 Å². The molecule has 0 bridgehead atoms. The molecule has 0 saturated heterocycles. The molecule has 2 aromatic carbocycles. The topological polar surface area (TPSA) is 3.01 Å². The van der Waals surface area contributed by atoms with Crippen LogP contribution in [0.3, 0.4) is 0 Å². The number of hydrogen-bond acceptors (Lipinski definition) is 0. The first kappa shape index (κ1) is 28.7. The third-order valence-corrected chi connectivity index (χ3v) is 11.0. The minimum absolute atomic E-state index is 0.501. The summed E-state index contributed by atoms with van der Waals surface area (Å²) >= 11 is 0. The maximum Gasteiger partial charge on any atom is 0.212 e. The summed E-state index contributed by atoms with van der Waals surface area (Å²) in [5.74, 6) is 0.501. The van der Waals surface area contributed by atoms with Crippen LogP contribution in [0.1, 0.15) is 93.8 Å². The van der Waals surface area contributed by atoms with Crippen LogP contribution in [0.2, 0.25) is 6.32 Å². The Morgan fingerprint density at radius 1 is 0.700 bits per heavy atom. The molecule has 1 aliphatic carbocycles. The van der Waals surface area contributed by atoms with Crippen LogP contribution in [-0.4, -0.2) is 24.6 Å². The van der Waals surface area contributed by atoms with Crippen LogP contribution in [0.5, 0.6) is 0 Å². The van der Waals surface area contributed by atoms with Gasteiger partial charge >= 0.3 is 0 Å². The fourth-order valence-corrected chi connectivity index (χ4v) is 7.50. The second-order valence-corrected chi connectivity index (χ2v) is 12.8. The highest BCUT2D eigenvalue weighted by molar-refractivity contribution is 6.47. The lowest BCUT2D eigenvalue weighted by atomic mass is 9.65. The first-order valence-corrected chi connectivity index (χ1v) is 15.3. The van der Waals surface area contributed by atoms with Crippen molar-refractivity contribution in [1.82, 2.24) is 0 Å². The van der Waals surface area contributed by atoms with Crippen molar-refractivity contribution < 1.29 is 4.58 Å². The first-order chi connectivity index (χ1) is 18.9. The van der Waals surface area contributed by atoms with Crippen LogP contribution in [0.4, 0.5) is 5.69 Å². The predicted octanol–water partition coefficient (Wildman–Crippen LogP) is 9.38. The van der Waals surface area contributed by atoms with E-state index in [-0.39, 0.29) is 0 Å². The minimum atomic E-state index is 0.501. The Hall–Kier alpha value is -2.87. The van der Waals surface area contributed by atoms with Gasteiger partial charge in [0.2, 0.25) is 5.69 Å². The van der Waals surface area contributed by atoms with Gasteiger partial charge in [0.1, 0.15) is 7.05 Å². The Morgan fingerprint density at radius 2 is 1.32 bits per heavy atom. The highest BCUT2D eigenvalue weighted by atomic mass is 15.0. The SMILES string of the molecule is CC1=C(/C=C/C2=[N+](C)c3c(C)c(C)c(C)c(C)c3C2)[B]CCC/C1=C\C=C1/Cc2c(C)c(C)c(C)c(C)c2C1C. The van der Waals surface area contributed by atoms with Crippen molar-refractivity contribution in [2.75, 3.05) is 7.05 Å². The molecule has 1 nitrogen and oxygen atoms in total. The van der Waals surface area contributed by atoms with E-state index in [2.05, 4.69) is 112 Å². The van der Waals surface area contributed by atoms with E-state index < -0.39 is 0 Å². The van der Waals surface area contributed by atoms with Crippen molar-refractivity contribution in [3.63, 3.8) is 0 Å². The number of hydrogen-bond donors (Lipinski definition) is 0. The molecule has 5 rings (SSSR count). The summed E-state index contributed by atoms with van der Waals surface area (Å²) in [6.45, 7) is 23.1. The van der Waals surface area contributed by atoms with E-state index in [1.54, 1.807) is 16.7 Å². The van der Waals surface area contributed by atoms with Gasteiger partial charge in [-0.3, -0.25) is 0 Å². The molecule has 1 atom stereocenters. The van der Waals surface area contributed by atoms with Gasteiger partial charge in [-0.15, -0.1) is 0 Å². The third-order valence-electron chi connectivity index (χ3n) is 11.0. The average Bonchev–Trinajstić information content (AvgIpc) is 3.38. The zero-order chi connectivity index (χ0) is 29.0. The summed E-state index contributed by atoms with van der Waals surface area (Å²) in [4.78, 5) is 0. The van der Waals surface area contributed by atoms with Crippen molar-refractivity contribution >= 4 is 18.7 Å². The number of benzene rings is 2. The second-order valence-electron chi connectivity index (χ2n) is 12.8. The van der Waals surface area contributed by atoms with Gasteiger partial charge in [-0.05, 0) is 131 Å². The van der Waals surface area contributed by atoms with Crippen LogP contribution in [0.15, 0.2) is 46.5 Å². The van der Waals surface area contributed by atoms with E-state index in [0.717, 1.165) is 25.6 Å². The molecule has 2 aromatic rings. The van der Waals surface area contributed by atoms with E-state index >= 15 is 0 Å². The van der Waals surface area contributed by atoms with Crippen LogP contribution in [0, 0.1) is 55.4 Å². The zero-order valence-electron chi connectivity index (χ0n) is 26.9. The van der Waals surface area contributed by atoms with Gasteiger partial charge in [-0.2, -0.15) is 4.58 Å². The molecule has 1 unspecified atom stereocenters. The van der Waals surface area contributed by atoms with Gasteiger partial charge < -0.3 is 0 Å². The smallest absolute Gasteiger partial charge is 0.198 e. The summed E-state index contributed by atoms with van der Waals surface area (Å²) < 4.78 is 2.43. The Balaban J connectivity index is 1.45. The lowest BCUT2D eigenvalue weighted by molar-refractivity contribution is -0.401. The molecule has 2 aliphatic heterocycles. The Bertz CT molecular complexity index is 1580. The first-order valence-electron chi connectivity index (χ1n) is 15.3. The Morgan fingerprint density at radius 3 is 2.02 bits per heavy atom. The van der Waals surface area contributed by atoms with Gasteiger partial charge in [0.25, 0.3) is 0 Å². The molecule has 0 spiro atoms. The molecule has 0 fully saturated rings. The largest absolute Gasteiger partial charge is 0.212 e. The second kappa shape index (κ2) is 10.8. The minimum Gasteiger partial charge on any atom is -0.198 e.